The minimum absolute atomic E-state index is 0.0867. The summed E-state index contributed by atoms with van der Waals surface area (Å²) >= 11 is 0. The van der Waals surface area contributed by atoms with E-state index in [4.69, 9.17) is 9.26 Å². The van der Waals surface area contributed by atoms with Gasteiger partial charge in [-0.15, -0.1) is 0 Å². The SMILES string of the molecule is CC(C)Cc1cc(CC2(NCC3CCCCC3)COC2)no1. The van der Waals surface area contributed by atoms with Crippen LogP contribution in [0.4, 0.5) is 0 Å². The molecular formula is C18H30N2O2. The zero-order chi connectivity index (χ0) is 15.4. The summed E-state index contributed by atoms with van der Waals surface area (Å²) < 4.78 is 11.0. The molecule has 1 aromatic heterocycles. The third-order valence-electron chi connectivity index (χ3n) is 4.98. The van der Waals surface area contributed by atoms with Crippen LogP contribution in [-0.2, 0) is 17.6 Å². The molecule has 0 radical (unpaired) electrons. The molecule has 0 amide bonds. The maximum absolute atomic E-state index is 5.50. The molecule has 2 aliphatic rings. The number of ether oxygens (including phenoxy) is 1. The Morgan fingerprint density at radius 2 is 2.05 bits per heavy atom. The van der Waals surface area contributed by atoms with E-state index in [9.17, 15) is 0 Å². The third kappa shape index (κ3) is 4.11. The molecular weight excluding hydrogens is 276 g/mol. The van der Waals surface area contributed by atoms with Crippen molar-refractivity contribution in [2.24, 2.45) is 11.8 Å². The average molecular weight is 306 g/mol. The molecule has 4 heteroatoms. The summed E-state index contributed by atoms with van der Waals surface area (Å²) in [5.41, 5.74) is 1.15. The molecule has 1 aliphatic heterocycles. The lowest BCUT2D eigenvalue weighted by atomic mass is 9.86. The Morgan fingerprint density at radius 1 is 1.27 bits per heavy atom. The number of hydrogen-bond donors (Lipinski definition) is 1. The van der Waals surface area contributed by atoms with Crippen molar-refractivity contribution in [3.05, 3.63) is 17.5 Å². The van der Waals surface area contributed by atoms with Crippen LogP contribution in [0.15, 0.2) is 10.6 Å². The molecule has 0 bridgehead atoms. The number of nitrogens with one attached hydrogen (secondary N) is 1. The van der Waals surface area contributed by atoms with Crippen molar-refractivity contribution in [1.29, 1.82) is 0 Å². The molecule has 3 rings (SSSR count). The highest BCUT2D eigenvalue weighted by Crippen LogP contribution is 2.27. The van der Waals surface area contributed by atoms with Gasteiger partial charge in [0.2, 0.25) is 0 Å². The highest BCUT2D eigenvalue weighted by atomic mass is 16.5. The van der Waals surface area contributed by atoms with Gasteiger partial charge in [-0.05, 0) is 31.2 Å². The van der Waals surface area contributed by atoms with Crippen LogP contribution in [0.25, 0.3) is 0 Å². The van der Waals surface area contributed by atoms with E-state index in [0.717, 1.165) is 50.0 Å². The summed E-state index contributed by atoms with van der Waals surface area (Å²) in [6.45, 7) is 7.13. The van der Waals surface area contributed by atoms with Crippen LogP contribution in [-0.4, -0.2) is 30.5 Å². The summed E-state index contributed by atoms with van der Waals surface area (Å²) in [6, 6.07) is 2.13. The molecule has 2 fully saturated rings. The van der Waals surface area contributed by atoms with Gasteiger partial charge >= 0.3 is 0 Å². The Balaban J connectivity index is 1.52. The molecule has 22 heavy (non-hydrogen) atoms. The van der Waals surface area contributed by atoms with Crippen molar-refractivity contribution in [3.63, 3.8) is 0 Å². The molecule has 1 aliphatic carbocycles. The molecule has 0 aromatic carbocycles. The lowest BCUT2D eigenvalue weighted by Crippen LogP contribution is -2.62. The van der Waals surface area contributed by atoms with Crippen molar-refractivity contribution >= 4 is 0 Å². The molecule has 1 saturated heterocycles. The second-order valence-electron chi connectivity index (χ2n) is 7.72. The van der Waals surface area contributed by atoms with Crippen LogP contribution in [0.3, 0.4) is 0 Å². The van der Waals surface area contributed by atoms with Crippen LogP contribution < -0.4 is 5.32 Å². The molecule has 1 N–H and O–H groups in total. The van der Waals surface area contributed by atoms with Crippen LogP contribution in [0.1, 0.15) is 57.4 Å². The molecule has 1 aromatic rings. The fourth-order valence-corrected chi connectivity index (χ4v) is 3.65. The Bertz CT molecular complexity index is 459. The summed E-state index contributed by atoms with van der Waals surface area (Å²) in [5, 5.41) is 8.05. The van der Waals surface area contributed by atoms with Crippen molar-refractivity contribution in [1.82, 2.24) is 10.5 Å². The lowest BCUT2D eigenvalue weighted by Gasteiger charge is -2.43. The Labute approximate surface area is 134 Å². The van der Waals surface area contributed by atoms with E-state index in [1.165, 1.54) is 32.1 Å². The molecule has 1 saturated carbocycles. The fraction of sp³-hybridized carbons (Fsp3) is 0.833. The van der Waals surface area contributed by atoms with Gasteiger partial charge in [0.05, 0.1) is 24.4 Å². The van der Waals surface area contributed by atoms with Gasteiger partial charge in [0.15, 0.2) is 0 Å². The largest absolute Gasteiger partial charge is 0.377 e. The van der Waals surface area contributed by atoms with Crippen molar-refractivity contribution in [3.8, 4) is 0 Å². The first-order valence-electron chi connectivity index (χ1n) is 8.92. The molecule has 0 spiro atoms. The minimum Gasteiger partial charge on any atom is -0.377 e. The van der Waals surface area contributed by atoms with Crippen LogP contribution in [0.5, 0.6) is 0 Å². The highest BCUT2D eigenvalue weighted by molar-refractivity contribution is 5.12. The number of aromatic nitrogens is 1. The number of hydrogen-bond acceptors (Lipinski definition) is 4. The van der Waals surface area contributed by atoms with Crippen LogP contribution >= 0.6 is 0 Å². The first-order chi connectivity index (χ1) is 10.7. The average Bonchev–Trinajstić information content (AvgIpc) is 2.89. The minimum atomic E-state index is 0.0867. The van der Waals surface area contributed by atoms with Gasteiger partial charge in [-0.2, -0.15) is 0 Å². The van der Waals surface area contributed by atoms with E-state index in [0.29, 0.717) is 5.92 Å². The van der Waals surface area contributed by atoms with Gasteiger partial charge in [0.25, 0.3) is 0 Å². The van der Waals surface area contributed by atoms with E-state index in [1.54, 1.807) is 0 Å². The molecule has 124 valence electrons. The normalized spacial score (nSPS) is 22.0. The summed E-state index contributed by atoms with van der Waals surface area (Å²) in [7, 11) is 0. The Kier molecular flexibility index (Phi) is 5.19. The zero-order valence-electron chi connectivity index (χ0n) is 14.1. The van der Waals surface area contributed by atoms with Gasteiger partial charge in [0, 0.05) is 18.9 Å². The maximum atomic E-state index is 5.50. The quantitative estimate of drug-likeness (QED) is 0.839. The van der Waals surface area contributed by atoms with E-state index >= 15 is 0 Å². The second kappa shape index (κ2) is 7.14. The predicted octanol–water partition coefficient (Wildman–Crippen LogP) is 3.35. The van der Waals surface area contributed by atoms with Crippen molar-refractivity contribution < 1.29 is 9.26 Å². The smallest absolute Gasteiger partial charge is 0.137 e. The summed E-state index contributed by atoms with van der Waals surface area (Å²) in [5.74, 6) is 2.46. The Hall–Kier alpha value is -0.870. The first-order valence-corrected chi connectivity index (χ1v) is 8.92. The van der Waals surface area contributed by atoms with Crippen LogP contribution in [0.2, 0.25) is 0 Å². The van der Waals surface area contributed by atoms with Gasteiger partial charge < -0.3 is 14.6 Å². The first kappa shape index (κ1) is 16.0. The predicted molar refractivity (Wildman–Crippen MR) is 86.9 cm³/mol. The highest BCUT2D eigenvalue weighted by Gasteiger charge is 2.39. The summed E-state index contributed by atoms with van der Waals surface area (Å²) in [6.07, 6.45) is 8.86. The Morgan fingerprint density at radius 3 is 2.68 bits per heavy atom. The lowest BCUT2D eigenvalue weighted by molar-refractivity contribution is -0.0764. The number of nitrogens with zero attached hydrogens (tertiary/aromatic N) is 1. The van der Waals surface area contributed by atoms with Crippen LogP contribution in [0, 0.1) is 11.8 Å². The molecule has 4 nitrogen and oxygen atoms in total. The molecule has 2 heterocycles. The maximum Gasteiger partial charge on any atom is 0.137 e. The standard InChI is InChI=1S/C18H30N2O2/c1-14(2)8-17-9-16(20-22-17)10-18(12-21-13-18)19-11-15-6-4-3-5-7-15/h9,14-15,19H,3-8,10-13H2,1-2H3. The van der Waals surface area contributed by atoms with Gasteiger partial charge in [0.1, 0.15) is 5.76 Å². The monoisotopic (exact) mass is 306 g/mol. The molecule has 0 atom stereocenters. The van der Waals surface area contributed by atoms with E-state index in [2.05, 4.69) is 30.4 Å². The van der Waals surface area contributed by atoms with E-state index in [-0.39, 0.29) is 5.54 Å². The van der Waals surface area contributed by atoms with E-state index < -0.39 is 0 Å². The summed E-state index contributed by atoms with van der Waals surface area (Å²) in [4.78, 5) is 0. The van der Waals surface area contributed by atoms with Gasteiger partial charge in [-0.3, -0.25) is 0 Å². The van der Waals surface area contributed by atoms with E-state index in [1.807, 2.05) is 0 Å². The fourth-order valence-electron chi connectivity index (χ4n) is 3.65. The van der Waals surface area contributed by atoms with Gasteiger partial charge in [-0.25, -0.2) is 0 Å². The van der Waals surface area contributed by atoms with Crippen molar-refractivity contribution in [2.75, 3.05) is 19.8 Å². The molecule has 0 unspecified atom stereocenters. The van der Waals surface area contributed by atoms with Gasteiger partial charge in [-0.1, -0.05) is 38.3 Å². The topological polar surface area (TPSA) is 47.3 Å². The van der Waals surface area contributed by atoms with Crippen molar-refractivity contribution in [2.45, 2.75) is 64.3 Å². The number of rotatable bonds is 7. The second-order valence-corrected chi connectivity index (χ2v) is 7.72. The zero-order valence-corrected chi connectivity index (χ0v) is 14.1. The third-order valence-corrected chi connectivity index (χ3v) is 4.98.